The van der Waals surface area contributed by atoms with Gasteiger partial charge in [0.05, 0.1) is 18.6 Å². The van der Waals surface area contributed by atoms with Crippen LogP contribution in [0.1, 0.15) is 27.7 Å². The fraction of sp³-hybridized carbons (Fsp3) is 0.227. The number of rotatable bonds is 5. The van der Waals surface area contributed by atoms with Crippen molar-refractivity contribution in [3.05, 3.63) is 64.5 Å². The van der Waals surface area contributed by atoms with E-state index in [1.807, 2.05) is 43.3 Å². The van der Waals surface area contributed by atoms with Crippen molar-refractivity contribution in [2.45, 2.75) is 19.8 Å². The molecule has 1 heterocycles. The average molecular weight is 379 g/mol. The predicted octanol–water partition coefficient (Wildman–Crippen LogP) is 5.17. The van der Waals surface area contributed by atoms with Gasteiger partial charge in [0.25, 0.3) is 5.91 Å². The first-order valence-electron chi connectivity index (χ1n) is 9.02. The second-order valence-electron chi connectivity index (χ2n) is 6.40. The summed E-state index contributed by atoms with van der Waals surface area (Å²) in [5.74, 6) is 1.60. The molecule has 1 amide bonds. The zero-order valence-electron chi connectivity index (χ0n) is 15.4. The molecule has 27 heavy (non-hydrogen) atoms. The number of amides is 1. The molecule has 4 rings (SSSR count). The molecule has 1 aliphatic rings. The molecule has 5 heteroatoms. The maximum Gasteiger partial charge on any atom is 0.265 e. The third kappa shape index (κ3) is 3.55. The molecule has 2 aromatic carbocycles. The van der Waals surface area contributed by atoms with E-state index < -0.39 is 0 Å². The number of nitrogens with one attached hydrogen (secondary N) is 1. The highest BCUT2D eigenvalue weighted by molar-refractivity contribution is 7.17. The number of carbonyl (C=O) groups is 1. The smallest absolute Gasteiger partial charge is 0.265 e. The molecular formula is C22H21NO3S. The maximum absolute atomic E-state index is 12.7. The van der Waals surface area contributed by atoms with Crippen LogP contribution in [0.3, 0.4) is 0 Å². The van der Waals surface area contributed by atoms with Crippen molar-refractivity contribution in [2.24, 2.45) is 0 Å². The van der Waals surface area contributed by atoms with Crippen molar-refractivity contribution in [1.29, 1.82) is 0 Å². The summed E-state index contributed by atoms with van der Waals surface area (Å²) in [7, 11) is 1.68. The molecule has 4 nitrogen and oxygen atoms in total. The zero-order chi connectivity index (χ0) is 18.8. The summed E-state index contributed by atoms with van der Waals surface area (Å²) >= 11 is 1.55. The number of benzene rings is 2. The van der Waals surface area contributed by atoms with Gasteiger partial charge in [-0.25, -0.2) is 0 Å². The van der Waals surface area contributed by atoms with Gasteiger partial charge in [-0.2, -0.15) is 0 Å². The Morgan fingerprint density at radius 3 is 2.52 bits per heavy atom. The van der Waals surface area contributed by atoms with Crippen LogP contribution in [0.25, 0.3) is 10.4 Å². The number of ether oxygens (including phenoxy) is 2. The maximum atomic E-state index is 12.7. The van der Waals surface area contributed by atoms with Crippen LogP contribution in [0.2, 0.25) is 0 Å². The molecule has 0 fully saturated rings. The predicted molar refractivity (Wildman–Crippen MR) is 109 cm³/mol. The molecule has 0 atom stereocenters. The largest absolute Gasteiger partial charge is 0.497 e. The second kappa shape index (κ2) is 7.45. The number of thiophene rings is 1. The Hall–Kier alpha value is -2.79. The number of anilines is 1. The summed E-state index contributed by atoms with van der Waals surface area (Å²) in [6, 6.07) is 15.6. The van der Waals surface area contributed by atoms with Gasteiger partial charge in [0.2, 0.25) is 0 Å². The minimum absolute atomic E-state index is 0.0754. The summed E-state index contributed by atoms with van der Waals surface area (Å²) < 4.78 is 10.8. The van der Waals surface area contributed by atoms with Crippen LogP contribution in [0.15, 0.2) is 48.5 Å². The first-order valence-corrected chi connectivity index (χ1v) is 9.84. The molecule has 0 spiro atoms. The standard InChI is InChI=1S/C22H21NO3S/c1-3-26-17-8-6-16(7-9-17)23-22(24)20-13-15-5-4-14-12-18(25-2)10-11-19(14)21(15)27-20/h6-13H,3-5H2,1-2H3,(H,23,24). The van der Waals surface area contributed by atoms with Gasteiger partial charge in [-0.3, -0.25) is 4.79 Å². The number of hydrogen-bond donors (Lipinski definition) is 1. The highest BCUT2D eigenvalue weighted by atomic mass is 32.1. The van der Waals surface area contributed by atoms with Crippen LogP contribution in [0.4, 0.5) is 5.69 Å². The summed E-state index contributed by atoms with van der Waals surface area (Å²) in [6.07, 6.45) is 1.92. The quantitative estimate of drug-likeness (QED) is 0.665. The van der Waals surface area contributed by atoms with E-state index in [0.29, 0.717) is 6.61 Å². The molecule has 0 saturated heterocycles. The van der Waals surface area contributed by atoms with Crippen LogP contribution < -0.4 is 14.8 Å². The van der Waals surface area contributed by atoms with Crippen molar-refractivity contribution in [3.8, 4) is 21.9 Å². The third-order valence-electron chi connectivity index (χ3n) is 4.68. The molecule has 0 saturated carbocycles. The van der Waals surface area contributed by atoms with Crippen molar-refractivity contribution >= 4 is 22.9 Å². The fourth-order valence-electron chi connectivity index (χ4n) is 3.34. The normalized spacial score (nSPS) is 12.1. The van der Waals surface area contributed by atoms with Gasteiger partial charge in [-0.05, 0) is 85.0 Å². The number of hydrogen-bond acceptors (Lipinski definition) is 4. The zero-order valence-corrected chi connectivity index (χ0v) is 16.2. The Morgan fingerprint density at radius 2 is 1.78 bits per heavy atom. The van der Waals surface area contributed by atoms with Gasteiger partial charge in [0.15, 0.2) is 0 Å². The van der Waals surface area contributed by atoms with Crippen LogP contribution in [0, 0.1) is 0 Å². The van der Waals surface area contributed by atoms with Crippen LogP contribution in [-0.2, 0) is 12.8 Å². The Morgan fingerprint density at radius 1 is 1.04 bits per heavy atom. The van der Waals surface area contributed by atoms with Crippen molar-refractivity contribution < 1.29 is 14.3 Å². The van der Waals surface area contributed by atoms with Crippen molar-refractivity contribution in [3.63, 3.8) is 0 Å². The lowest BCUT2D eigenvalue weighted by molar-refractivity contribution is 0.103. The molecule has 0 radical (unpaired) electrons. The minimum Gasteiger partial charge on any atom is -0.497 e. The van der Waals surface area contributed by atoms with Crippen LogP contribution in [-0.4, -0.2) is 19.6 Å². The van der Waals surface area contributed by atoms with Gasteiger partial charge >= 0.3 is 0 Å². The first kappa shape index (κ1) is 17.6. The van der Waals surface area contributed by atoms with E-state index >= 15 is 0 Å². The number of methoxy groups -OCH3 is 1. The third-order valence-corrected chi connectivity index (χ3v) is 5.89. The minimum atomic E-state index is -0.0754. The summed E-state index contributed by atoms with van der Waals surface area (Å²) in [4.78, 5) is 14.6. The number of carbonyl (C=O) groups excluding carboxylic acids is 1. The Labute approximate surface area is 162 Å². The highest BCUT2D eigenvalue weighted by Crippen LogP contribution is 2.41. The average Bonchev–Trinajstić information content (AvgIpc) is 3.14. The molecule has 0 aliphatic heterocycles. The molecule has 138 valence electrons. The van der Waals surface area contributed by atoms with Crippen molar-refractivity contribution in [1.82, 2.24) is 0 Å². The topological polar surface area (TPSA) is 47.6 Å². The van der Waals surface area contributed by atoms with Gasteiger partial charge < -0.3 is 14.8 Å². The molecule has 3 aromatic rings. The number of fused-ring (bicyclic) bond motifs is 3. The van der Waals surface area contributed by atoms with Gasteiger partial charge in [-0.1, -0.05) is 0 Å². The highest BCUT2D eigenvalue weighted by Gasteiger charge is 2.22. The first-order chi connectivity index (χ1) is 13.2. The monoisotopic (exact) mass is 379 g/mol. The van der Waals surface area contributed by atoms with E-state index in [9.17, 15) is 4.79 Å². The van der Waals surface area contributed by atoms with Gasteiger partial charge in [0, 0.05) is 10.6 Å². The van der Waals surface area contributed by atoms with E-state index in [1.165, 1.54) is 21.6 Å². The SMILES string of the molecule is CCOc1ccc(NC(=O)c2cc3c(s2)-c2ccc(OC)cc2CC3)cc1. The lowest BCUT2D eigenvalue weighted by Gasteiger charge is -2.16. The van der Waals surface area contributed by atoms with E-state index in [0.717, 1.165) is 34.9 Å². The van der Waals surface area contributed by atoms with E-state index in [4.69, 9.17) is 9.47 Å². The molecular weight excluding hydrogens is 358 g/mol. The van der Waals surface area contributed by atoms with E-state index in [-0.39, 0.29) is 5.91 Å². The fourth-order valence-corrected chi connectivity index (χ4v) is 4.51. The lowest BCUT2D eigenvalue weighted by atomic mass is 9.91. The van der Waals surface area contributed by atoms with Gasteiger partial charge in [0.1, 0.15) is 11.5 Å². The Balaban J connectivity index is 1.55. The van der Waals surface area contributed by atoms with E-state index in [1.54, 1.807) is 18.4 Å². The molecule has 1 aromatic heterocycles. The summed E-state index contributed by atoms with van der Waals surface area (Å²) in [5.41, 5.74) is 4.50. The van der Waals surface area contributed by atoms with Crippen LogP contribution >= 0.6 is 11.3 Å². The molecule has 0 bridgehead atoms. The Bertz CT molecular complexity index is 976. The van der Waals surface area contributed by atoms with Crippen LogP contribution in [0.5, 0.6) is 11.5 Å². The molecule has 1 aliphatic carbocycles. The number of aryl methyl sites for hydroxylation is 2. The summed E-state index contributed by atoms with van der Waals surface area (Å²) in [5, 5.41) is 2.97. The van der Waals surface area contributed by atoms with Crippen molar-refractivity contribution in [2.75, 3.05) is 19.0 Å². The van der Waals surface area contributed by atoms with Gasteiger partial charge in [-0.15, -0.1) is 11.3 Å². The summed E-state index contributed by atoms with van der Waals surface area (Å²) in [6.45, 7) is 2.57. The second-order valence-corrected chi connectivity index (χ2v) is 7.45. The van der Waals surface area contributed by atoms with E-state index in [2.05, 4.69) is 17.4 Å². The molecule has 0 unspecified atom stereocenters. The lowest BCUT2D eigenvalue weighted by Crippen LogP contribution is -2.10. The Kier molecular flexibility index (Phi) is 4.86. The molecule has 1 N–H and O–H groups in total.